The second kappa shape index (κ2) is 3.58. The number of nitrogens with zero attached hydrogens (tertiary/aromatic N) is 1. The summed E-state index contributed by atoms with van der Waals surface area (Å²) < 4.78 is 0. The Morgan fingerprint density at radius 1 is 1.19 bits per heavy atom. The summed E-state index contributed by atoms with van der Waals surface area (Å²) >= 11 is 6.24. The van der Waals surface area contributed by atoms with Crippen molar-refractivity contribution in [2.45, 2.75) is 5.92 Å². The van der Waals surface area contributed by atoms with Crippen LogP contribution in [-0.4, -0.2) is 11.5 Å². The number of benzene rings is 1. The number of rotatable bonds is 1. The second-order valence-electron chi connectivity index (χ2n) is 3.93. The van der Waals surface area contributed by atoms with Crippen molar-refractivity contribution in [3.05, 3.63) is 52.7 Å². The van der Waals surface area contributed by atoms with Crippen LogP contribution in [0.1, 0.15) is 17.0 Å². The number of hydrogen-bond acceptors (Lipinski definition) is 2. The minimum Gasteiger partial charge on any atom is -0.330 e. The number of halogens is 1. The minimum absolute atomic E-state index is 0.234. The van der Waals surface area contributed by atoms with E-state index in [1.54, 1.807) is 6.20 Å². The van der Waals surface area contributed by atoms with Crippen molar-refractivity contribution in [1.29, 1.82) is 0 Å². The molecule has 0 aliphatic heterocycles. The lowest BCUT2D eigenvalue weighted by molar-refractivity contribution is 0.839. The SMILES string of the molecule is NCC1c2cccnc2-c2c(Cl)cccc21. The third-order valence-corrected chi connectivity index (χ3v) is 3.42. The van der Waals surface area contributed by atoms with Crippen LogP contribution in [0.4, 0.5) is 0 Å². The van der Waals surface area contributed by atoms with Crippen molar-refractivity contribution in [3.8, 4) is 11.3 Å². The van der Waals surface area contributed by atoms with Crippen molar-refractivity contribution >= 4 is 11.6 Å². The molecule has 3 rings (SSSR count). The summed E-state index contributed by atoms with van der Waals surface area (Å²) in [7, 11) is 0. The van der Waals surface area contributed by atoms with Gasteiger partial charge in [0.05, 0.1) is 10.7 Å². The molecule has 0 radical (unpaired) electrons. The van der Waals surface area contributed by atoms with Crippen LogP contribution in [0.15, 0.2) is 36.5 Å². The number of pyridine rings is 1. The van der Waals surface area contributed by atoms with Gasteiger partial charge in [-0.3, -0.25) is 4.98 Å². The topological polar surface area (TPSA) is 38.9 Å². The second-order valence-corrected chi connectivity index (χ2v) is 4.34. The van der Waals surface area contributed by atoms with E-state index in [1.165, 1.54) is 11.1 Å². The Balaban J connectivity index is 2.35. The van der Waals surface area contributed by atoms with E-state index in [0.29, 0.717) is 6.54 Å². The molecule has 3 heteroatoms. The first-order chi connectivity index (χ1) is 7.83. The Hall–Kier alpha value is -1.38. The molecule has 0 bridgehead atoms. The standard InChI is InChI=1S/C13H11ClN2/c14-11-5-1-3-8-10(7-15)9-4-2-6-16-13(9)12(8)11/h1-6,10H,7,15H2. The predicted molar refractivity (Wildman–Crippen MR) is 65.6 cm³/mol. The van der Waals surface area contributed by atoms with E-state index in [2.05, 4.69) is 17.1 Å². The van der Waals surface area contributed by atoms with Crippen LogP contribution in [0.2, 0.25) is 5.02 Å². The highest BCUT2D eigenvalue weighted by molar-refractivity contribution is 6.33. The van der Waals surface area contributed by atoms with E-state index in [-0.39, 0.29) is 5.92 Å². The molecule has 2 N–H and O–H groups in total. The lowest BCUT2D eigenvalue weighted by Crippen LogP contribution is -2.11. The van der Waals surface area contributed by atoms with E-state index < -0.39 is 0 Å². The lowest BCUT2D eigenvalue weighted by atomic mass is 9.98. The quantitative estimate of drug-likeness (QED) is 0.818. The Kier molecular flexibility index (Phi) is 2.20. The van der Waals surface area contributed by atoms with Crippen LogP contribution in [-0.2, 0) is 0 Å². The van der Waals surface area contributed by atoms with Crippen molar-refractivity contribution in [3.63, 3.8) is 0 Å². The molecule has 2 aromatic rings. The molecule has 80 valence electrons. The Morgan fingerprint density at radius 2 is 2.00 bits per heavy atom. The molecule has 1 aromatic carbocycles. The summed E-state index contributed by atoms with van der Waals surface area (Å²) in [6.45, 7) is 0.589. The number of nitrogens with two attached hydrogens (primary N) is 1. The summed E-state index contributed by atoms with van der Waals surface area (Å²) in [5, 5.41) is 0.758. The highest BCUT2D eigenvalue weighted by Crippen LogP contribution is 2.45. The van der Waals surface area contributed by atoms with Crippen LogP contribution in [0.25, 0.3) is 11.3 Å². The van der Waals surface area contributed by atoms with Gasteiger partial charge in [0, 0.05) is 24.2 Å². The number of hydrogen-bond donors (Lipinski definition) is 1. The fourth-order valence-electron chi connectivity index (χ4n) is 2.41. The molecule has 1 atom stereocenters. The van der Waals surface area contributed by atoms with Crippen molar-refractivity contribution in [1.82, 2.24) is 4.98 Å². The molecule has 2 nitrogen and oxygen atoms in total. The Morgan fingerprint density at radius 3 is 2.81 bits per heavy atom. The van der Waals surface area contributed by atoms with E-state index >= 15 is 0 Å². The van der Waals surface area contributed by atoms with Gasteiger partial charge in [0.15, 0.2) is 0 Å². The van der Waals surface area contributed by atoms with Gasteiger partial charge < -0.3 is 5.73 Å². The van der Waals surface area contributed by atoms with E-state index in [0.717, 1.165) is 16.3 Å². The van der Waals surface area contributed by atoms with Crippen molar-refractivity contribution < 1.29 is 0 Å². The predicted octanol–water partition coefficient (Wildman–Crippen LogP) is 2.81. The maximum Gasteiger partial charge on any atom is 0.0758 e. The first kappa shape index (κ1) is 9.82. The van der Waals surface area contributed by atoms with Gasteiger partial charge in [-0.05, 0) is 23.3 Å². The van der Waals surface area contributed by atoms with Crippen LogP contribution in [0, 0.1) is 0 Å². The molecule has 1 aliphatic carbocycles. The maximum atomic E-state index is 6.24. The molecule has 0 amide bonds. The van der Waals surface area contributed by atoms with Gasteiger partial charge in [-0.2, -0.15) is 0 Å². The van der Waals surface area contributed by atoms with Crippen LogP contribution in [0.3, 0.4) is 0 Å². The summed E-state index contributed by atoms with van der Waals surface area (Å²) in [5.74, 6) is 0.234. The molecule has 1 aromatic heterocycles. The fraction of sp³-hybridized carbons (Fsp3) is 0.154. The first-order valence-electron chi connectivity index (χ1n) is 5.26. The van der Waals surface area contributed by atoms with Crippen molar-refractivity contribution in [2.75, 3.05) is 6.54 Å². The molecule has 0 saturated carbocycles. The van der Waals surface area contributed by atoms with Crippen LogP contribution >= 0.6 is 11.6 Å². The lowest BCUT2D eigenvalue weighted by Gasteiger charge is -2.09. The average Bonchev–Trinajstić information content (AvgIpc) is 2.64. The molecule has 1 unspecified atom stereocenters. The zero-order valence-corrected chi connectivity index (χ0v) is 9.41. The van der Waals surface area contributed by atoms with E-state index in [1.807, 2.05) is 18.2 Å². The molecule has 16 heavy (non-hydrogen) atoms. The monoisotopic (exact) mass is 230 g/mol. The number of fused-ring (bicyclic) bond motifs is 3. The molecule has 0 fully saturated rings. The van der Waals surface area contributed by atoms with Gasteiger partial charge in [0.1, 0.15) is 0 Å². The van der Waals surface area contributed by atoms with Gasteiger partial charge in [-0.25, -0.2) is 0 Å². The zero-order valence-electron chi connectivity index (χ0n) is 8.65. The maximum absolute atomic E-state index is 6.24. The minimum atomic E-state index is 0.234. The van der Waals surface area contributed by atoms with Gasteiger partial charge in [0.25, 0.3) is 0 Å². The number of aromatic nitrogens is 1. The molecule has 0 saturated heterocycles. The smallest absolute Gasteiger partial charge is 0.0758 e. The van der Waals surface area contributed by atoms with Gasteiger partial charge in [-0.1, -0.05) is 29.8 Å². The average molecular weight is 231 g/mol. The molecule has 1 heterocycles. The molecular formula is C13H11ClN2. The third kappa shape index (κ3) is 1.20. The summed E-state index contributed by atoms with van der Waals surface area (Å²) in [6.07, 6.45) is 1.80. The fourth-order valence-corrected chi connectivity index (χ4v) is 2.68. The van der Waals surface area contributed by atoms with E-state index in [9.17, 15) is 0 Å². The molecular weight excluding hydrogens is 220 g/mol. The largest absolute Gasteiger partial charge is 0.330 e. The van der Waals surface area contributed by atoms with Crippen molar-refractivity contribution in [2.24, 2.45) is 5.73 Å². The summed E-state index contributed by atoms with van der Waals surface area (Å²) in [6, 6.07) is 9.98. The highest BCUT2D eigenvalue weighted by Gasteiger charge is 2.29. The summed E-state index contributed by atoms with van der Waals surface area (Å²) in [4.78, 5) is 4.42. The Labute approximate surface area is 99.1 Å². The van der Waals surface area contributed by atoms with Gasteiger partial charge in [0.2, 0.25) is 0 Å². The third-order valence-electron chi connectivity index (χ3n) is 3.11. The van der Waals surface area contributed by atoms with E-state index in [4.69, 9.17) is 17.3 Å². The normalized spacial score (nSPS) is 17.0. The van der Waals surface area contributed by atoms with Gasteiger partial charge in [-0.15, -0.1) is 0 Å². The molecule has 1 aliphatic rings. The zero-order chi connectivity index (χ0) is 11.1. The Bertz CT molecular complexity index is 551. The highest BCUT2D eigenvalue weighted by atomic mass is 35.5. The van der Waals surface area contributed by atoms with Crippen LogP contribution < -0.4 is 5.73 Å². The van der Waals surface area contributed by atoms with Gasteiger partial charge >= 0.3 is 0 Å². The molecule has 0 spiro atoms. The first-order valence-corrected chi connectivity index (χ1v) is 5.64. The summed E-state index contributed by atoms with van der Waals surface area (Å²) in [5.41, 5.74) is 10.3. The van der Waals surface area contributed by atoms with Crippen LogP contribution in [0.5, 0.6) is 0 Å².